The van der Waals surface area contributed by atoms with Gasteiger partial charge in [-0.25, -0.2) is 4.98 Å². The summed E-state index contributed by atoms with van der Waals surface area (Å²) < 4.78 is 0. The summed E-state index contributed by atoms with van der Waals surface area (Å²) in [6.07, 6.45) is 4.53. The number of nitrogens with zero attached hydrogens (tertiary/aromatic N) is 2. The zero-order valence-corrected chi connectivity index (χ0v) is 12.6. The lowest BCUT2D eigenvalue weighted by Gasteiger charge is -2.12. The first-order valence-corrected chi connectivity index (χ1v) is 6.80. The van der Waals surface area contributed by atoms with Crippen LogP contribution in [0.2, 0.25) is 5.15 Å². The van der Waals surface area contributed by atoms with Crippen LogP contribution in [0.15, 0.2) is 54.9 Å². The van der Waals surface area contributed by atoms with Crippen LogP contribution < -0.4 is 10.2 Å². The Morgan fingerprint density at radius 2 is 1.90 bits per heavy atom. The predicted molar refractivity (Wildman–Crippen MR) is 87.1 cm³/mol. The Labute approximate surface area is 129 Å². The number of nitrogens with one attached hydrogen (secondary N) is 1. The Bertz CT molecular complexity index is 634. The largest absolute Gasteiger partial charge is 0.378 e. The summed E-state index contributed by atoms with van der Waals surface area (Å²) in [5.74, 6) is -0.128. The standard InChI is InChI=1S/C16H16ClN3O/c1-20(2)14-6-4-13(5-7-14)18-10-9-15(21)12-3-8-16(17)19-11-12/h3-11,18H,1-2H3/b10-9+. The van der Waals surface area contributed by atoms with Crippen LogP contribution in [-0.2, 0) is 0 Å². The summed E-state index contributed by atoms with van der Waals surface area (Å²) >= 11 is 5.68. The van der Waals surface area contributed by atoms with Crippen LogP contribution in [0.5, 0.6) is 0 Å². The molecule has 1 heterocycles. The molecule has 0 atom stereocenters. The van der Waals surface area contributed by atoms with Crippen LogP contribution in [0.1, 0.15) is 10.4 Å². The first-order valence-electron chi connectivity index (χ1n) is 6.42. The van der Waals surface area contributed by atoms with Crippen molar-refractivity contribution < 1.29 is 4.79 Å². The third-order valence-electron chi connectivity index (χ3n) is 2.88. The Morgan fingerprint density at radius 3 is 2.48 bits per heavy atom. The molecule has 0 aliphatic heterocycles. The summed E-state index contributed by atoms with van der Waals surface area (Å²) in [5.41, 5.74) is 2.53. The maximum atomic E-state index is 11.9. The lowest BCUT2D eigenvalue weighted by Crippen LogP contribution is -2.08. The van der Waals surface area contributed by atoms with Crippen LogP contribution in [0.3, 0.4) is 0 Å². The van der Waals surface area contributed by atoms with Gasteiger partial charge in [-0.1, -0.05) is 11.6 Å². The Kier molecular flexibility index (Phi) is 4.95. The number of aromatic nitrogens is 1. The smallest absolute Gasteiger partial charge is 0.188 e. The molecular weight excluding hydrogens is 286 g/mol. The molecule has 21 heavy (non-hydrogen) atoms. The molecule has 0 spiro atoms. The van der Waals surface area contributed by atoms with Gasteiger partial charge in [-0.3, -0.25) is 4.79 Å². The van der Waals surface area contributed by atoms with Crippen molar-refractivity contribution in [1.29, 1.82) is 0 Å². The van der Waals surface area contributed by atoms with Crippen molar-refractivity contribution in [3.05, 3.63) is 65.6 Å². The Balaban J connectivity index is 1.95. The molecule has 0 saturated heterocycles. The molecule has 1 aromatic carbocycles. The van der Waals surface area contributed by atoms with Gasteiger partial charge in [0.25, 0.3) is 0 Å². The zero-order valence-electron chi connectivity index (χ0n) is 11.9. The van der Waals surface area contributed by atoms with E-state index in [1.54, 1.807) is 18.3 Å². The third kappa shape index (κ3) is 4.33. The number of carbonyl (C=O) groups excluding carboxylic acids is 1. The van der Waals surface area contributed by atoms with Crippen molar-refractivity contribution in [2.24, 2.45) is 0 Å². The summed E-state index contributed by atoms with van der Waals surface area (Å²) in [7, 11) is 3.97. The van der Waals surface area contributed by atoms with Gasteiger partial charge in [0.05, 0.1) is 0 Å². The van der Waals surface area contributed by atoms with E-state index in [0.717, 1.165) is 11.4 Å². The number of rotatable bonds is 5. The molecule has 0 bridgehead atoms. The highest BCUT2D eigenvalue weighted by Gasteiger charge is 2.01. The molecule has 108 valence electrons. The SMILES string of the molecule is CN(C)c1ccc(N/C=C/C(=O)c2ccc(Cl)nc2)cc1. The minimum atomic E-state index is -0.128. The molecule has 0 saturated carbocycles. The van der Waals surface area contributed by atoms with Crippen molar-refractivity contribution in [1.82, 2.24) is 4.98 Å². The van der Waals surface area contributed by atoms with E-state index in [9.17, 15) is 4.79 Å². The minimum absolute atomic E-state index is 0.128. The first-order chi connectivity index (χ1) is 10.1. The molecule has 0 amide bonds. The molecule has 0 aliphatic rings. The average molecular weight is 302 g/mol. The normalized spacial score (nSPS) is 10.6. The van der Waals surface area contributed by atoms with E-state index in [1.807, 2.05) is 43.3 Å². The van der Waals surface area contributed by atoms with Gasteiger partial charge in [0.2, 0.25) is 0 Å². The summed E-state index contributed by atoms with van der Waals surface area (Å²) in [6, 6.07) is 11.1. The molecule has 0 radical (unpaired) electrons. The van der Waals surface area contributed by atoms with Gasteiger partial charge in [-0.15, -0.1) is 0 Å². The van der Waals surface area contributed by atoms with E-state index in [2.05, 4.69) is 10.3 Å². The first kappa shape index (κ1) is 15.1. The molecule has 1 aromatic heterocycles. The highest BCUT2D eigenvalue weighted by molar-refractivity contribution is 6.29. The second kappa shape index (κ2) is 6.90. The fourth-order valence-electron chi connectivity index (χ4n) is 1.69. The van der Waals surface area contributed by atoms with E-state index < -0.39 is 0 Å². The minimum Gasteiger partial charge on any atom is -0.378 e. The summed E-state index contributed by atoms with van der Waals surface area (Å²) in [6.45, 7) is 0. The zero-order chi connectivity index (χ0) is 15.2. The Hall–Kier alpha value is -2.33. The highest BCUT2D eigenvalue weighted by Crippen LogP contribution is 2.15. The average Bonchev–Trinajstić information content (AvgIpc) is 2.48. The van der Waals surface area contributed by atoms with Crippen LogP contribution >= 0.6 is 11.6 Å². The third-order valence-corrected chi connectivity index (χ3v) is 3.10. The molecule has 0 aliphatic carbocycles. The van der Waals surface area contributed by atoms with Gasteiger partial charge in [0, 0.05) is 49.5 Å². The van der Waals surface area contributed by atoms with Crippen molar-refractivity contribution in [2.45, 2.75) is 0 Å². The second-order valence-electron chi connectivity index (χ2n) is 4.65. The molecule has 4 nitrogen and oxygen atoms in total. The maximum Gasteiger partial charge on any atom is 0.188 e. The van der Waals surface area contributed by atoms with Crippen molar-refractivity contribution >= 4 is 28.8 Å². The number of hydrogen-bond acceptors (Lipinski definition) is 4. The fourth-order valence-corrected chi connectivity index (χ4v) is 1.80. The molecule has 1 N–H and O–H groups in total. The number of benzene rings is 1. The Morgan fingerprint density at radius 1 is 1.19 bits per heavy atom. The van der Waals surface area contributed by atoms with Crippen LogP contribution in [-0.4, -0.2) is 24.9 Å². The maximum absolute atomic E-state index is 11.9. The second-order valence-corrected chi connectivity index (χ2v) is 5.04. The van der Waals surface area contributed by atoms with Crippen LogP contribution in [0.4, 0.5) is 11.4 Å². The van der Waals surface area contributed by atoms with E-state index in [1.165, 1.54) is 12.3 Å². The highest BCUT2D eigenvalue weighted by atomic mass is 35.5. The van der Waals surface area contributed by atoms with Gasteiger partial charge < -0.3 is 10.2 Å². The van der Waals surface area contributed by atoms with Gasteiger partial charge >= 0.3 is 0 Å². The summed E-state index contributed by atoms with van der Waals surface area (Å²) in [5, 5.41) is 3.43. The van der Waals surface area contributed by atoms with Crippen LogP contribution in [0.25, 0.3) is 0 Å². The number of anilines is 2. The lowest BCUT2D eigenvalue weighted by molar-refractivity contribution is 0.104. The quantitative estimate of drug-likeness (QED) is 0.520. The van der Waals surface area contributed by atoms with Crippen molar-refractivity contribution in [3.63, 3.8) is 0 Å². The van der Waals surface area contributed by atoms with Gasteiger partial charge in [-0.05, 0) is 36.4 Å². The molecular formula is C16H16ClN3O. The number of hydrogen-bond donors (Lipinski definition) is 1. The van der Waals surface area contributed by atoms with E-state index in [-0.39, 0.29) is 5.78 Å². The summed E-state index contributed by atoms with van der Waals surface area (Å²) in [4.78, 5) is 17.8. The van der Waals surface area contributed by atoms with Crippen LogP contribution in [0, 0.1) is 0 Å². The molecule has 0 fully saturated rings. The number of pyridine rings is 1. The van der Waals surface area contributed by atoms with Crippen molar-refractivity contribution in [3.8, 4) is 0 Å². The van der Waals surface area contributed by atoms with E-state index >= 15 is 0 Å². The van der Waals surface area contributed by atoms with Gasteiger partial charge in [0.1, 0.15) is 5.15 Å². The van der Waals surface area contributed by atoms with Gasteiger partial charge in [0.15, 0.2) is 5.78 Å². The van der Waals surface area contributed by atoms with E-state index in [4.69, 9.17) is 11.6 Å². The molecule has 0 unspecified atom stereocenters. The lowest BCUT2D eigenvalue weighted by atomic mass is 10.2. The fraction of sp³-hybridized carbons (Fsp3) is 0.125. The van der Waals surface area contributed by atoms with Crippen molar-refractivity contribution in [2.75, 3.05) is 24.3 Å². The van der Waals surface area contributed by atoms with Gasteiger partial charge in [-0.2, -0.15) is 0 Å². The predicted octanol–water partition coefficient (Wildman–Crippen LogP) is 3.61. The molecule has 2 rings (SSSR count). The number of allylic oxidation sites excluding steroid dienone is 1. The van der Waals surface area contributed by atoms with E-state index in [0.29, 0.717) is 10.7 Å². The number of carbonyl (C=O) groups is 1. The molecule has 5 heteroatoms. The monoisotopic (exact) mass is 301 g/mol. The topological polar surface area (TPSA) is 45.2 Å². The number of ketones is 1. The number of halogens is 1. The molecule has 2 aromatic rings.